The Morgan fingerprint density at radius 3 is 2.76 bits per heavy atom. The van der Waals surface area contributed by atoms with E-state index in [4.69, 9.17) is 5.11 Å². The summed E-state index contributed by atoms with van der Waals surface area (Å²) in [6.07, 6.45) is 0. The van der Waals surface area contributed by atoms with Crippen molar-refractivity contribution in [1.82, 2.24) is 9.62 Å². The molecule has 1 aromatic carbocycles. The highest BCUT2D eigenvalue weighted by molar-refractivity contribution is 7.89. The van der Waals surface area contributed by atoms with Gasteiger partial charge in [0, 0.05) is 13.1 Å². The first-order valence-corrected chi connectivity index (χ1v) is 7.51. The maximum absolute atomic E-state index is 13.3. The average molecular weight is 316 g/mol. The van der Waals surface area contributed by atoms with Crippen LogP contribution in [0.1, 0.15) is 17.3 Å². The fraction of sp³-hybridized carbons (Fsp3) is 0.333. The van der Waals surface area contributed by atoms with Gasteiger partial charge >= 0.3 is 5.97 Å². The smallest absolute Gasteiger partial charge is 0.338 e. The molecule has 114 valence electrons. The second kappa shape index (κ2) is 5.41. The predicted molar refractivity (Wildman–Crippen MR) is 69.7 cm³/mol. The Morgan fingerprint density at radius 2 is 2.14 bits per heavy atom. The number of benzene rings is 1. The largest absolute Gasteiger partial charge is 0.478 e. The molecule has 7 nitrogen and oxygen atoms in total. The van der Waals surface area contributed by atoms with E-state index in [-0.39, 0.29) is 18.0 Å². The first-order valence-electron chi connectivity index (χ1n) is 6.07. The molecule has 2 rings (SSSR count). The molecule has 0 bridgehead atoms. The van der Waals surface area contributed by atoms with Crippen LogP contribution in [0.15, 0.2) is 23.1 Å². The highest BCUT2D eigenvalue weighted by atomic mass is 32.2. The van der Waals surface area contributed by atoms with Crippen molar-refractivity contribution < 1.29 is 27.5 Å². The highest BCUT2D eigenvalue weighted by Gasteiger charge is 2.36. The lowest BCUT2D eigenvalue weighted by atomic mass is 10.2. The van der Waals surface area contributed by atoms with Gasteiger partial charge in [-0.2, -0.15) is 4.31 Å². The van der Waals surface area contributed by atoms with Gasteiger partial charge in [0.2, 0.25) is 15.9 Å². The van der Waals surface area contributed by atoms with E-state index in [2.05, 4.69) is 5.32 Å². The Morgan fingerprint density at radius 1 is 1.48 bits per heavy atom. The molecule has 0 saturated carbocycles. The van der Waals surface area contributed by atoms with Crippen LogP contribution < -0.4 is 5.32 Å². The number of carbonyl (C=O) groups is 2. The zero-order chi connectivity index (χ0) is 15.8. The van der Waals surface area contributed by atoms with Crippen molar-refractivity contribution in [1.29, 1.82) is 0 Å². The van der Waals surface area contributed by atoms with Crippen molar-refractivity contribution in [2.75, 3.05) is 13.1 Å². The number of hydrogen-bond acceptors (Lipinski definition) is 4. The van der Waals surface area contributed by atoms with E-state index >= 15 is 0 Å². The zero-order valence-corrected chi connectivity index (χ0v) is 11.9. The van der Waals surface area contributed by atoms with E-state index in [1.165, 1.54) is 6.92 Å². The lowest BCUT2D eigenvalue weighted by Crippen LogP contribution is -2.55. The second-order valence-corrected chi connectivity index (χ2v) is 6.42. The molecular formula is C12H13FN2O5S. The Kier molecular flexibility index (Phi) is 3.97. The van der Waals surface area contributed by atoms with Crippen molar-refractivity contribution in [3.05, 3.63) is 29.6 Å². The summed E-state index contributed by atoms with van der Waals surface area (Å²) in [5, 5.41) is 11.4. The SMILES string of the molecule is CC1C(=O)NCCN1S(=O)(=O)c1ccc(F)c(C(=O)O)c1. The number of amides is 1. The van der Waals surface area contributed by atoms with Crippen LogP contribution in [0.5, 0.6) is 0 Å². The van der Waals surface area contributed by atoms with Crippen molar-refractivity contribution in [3.63, 3.8) is 0 Å². The third-order valence-electron chi connectivity index (χ3n) is 3.22. The summed E-state index contributed by atoms with van der Waals surface area (Å²) in [6, 6.07) is 1.61. The summed E-state index contributed by atoms with van der Waals surface area (Å²) in [5.41, 5.74) is -0.731. The second-order valence-electron chi connectivity index (χ2n) is 4.53. The minimum Gasteiger partial charge on any atom is -0.478 e. The van der Waals surface area contributed by atoms with Crippen molar-refractivity contribution in [2.24, 2.45) is 0 Å². The number of nitrogens with one attached hydrogen (secondary N) is 1. The van der Waals surface area contributed by atoms with Gasteiger partial charge in [0.15, 0.2) is 0 Å². The minimum absolute atomic E-state index is 0.0645. The van der Waals surface area contributed by atoms with Gasteiger partial charge in [-0.05, 0) is 25.1 Å². The van der Waals surface area contributed by atoms with Gasteiger partial charge in [0.1, 0.15) is 11.9 Å². The van der Waals surface area contributed by atoms with E-state index in [1.54, 1.807) is 0 Å². The molecule has 9 heteroatoms. The number of halogens is 1. The maximum Gasteiger partial charge on any atom is 0.338 e. The molecule has 1 aromatic rings. The Hall–Kier alpha value is -2.00. The number of nitrogens with zero attached hydrogens (tertiary/aromatic N) is 1. The topological polar surface area (TPSA) is 104 Å². The molecule has 0 spiro atoms. The van der Waals surface area contributed by atoms with Crippen LogP contribution in [0.25, 0.3) is 0 Å². The molecule has 1 aliphatic heterocycles. The number of aromatic carboxylic acids is 1. The number of rotatable bonds is 3. The van der Waals surface area contributed by atoms with Crippen LogP contribution in [-0.4, -0.2) is 48.8 Å². The highest BCUT2D eigenvalue weighted by Crippen LogP contribution is 2.22. The summed E-state index contributed by atoms with van der Waals surface area (Å²) in [6.45, 7) is 1.65. The van der Waals surface area contributed by atoms with Gasteiger partial charge in [-0.1, -0.05) is 0 Å². The van der Waals surface area contributed by atoms with Gasteiger partial charge in [-0.3, -0.25) is 4.79 Å². The monoisotopic (exact) mass is 316 g/mol. The van der Waals surface area contributed by atoms with Gasteiger partial charge < -0.3 is 10.4 Å². The predicted octanol–water partition coefficient (Wildman–Crippen LogP) is 0.0329. The first kappa shape index (κ1) is 15.4. The van der Waals surface area contributed by atoms with Crippen molar-refractivity contribution in [3.8, 4) is 0 Å². The molecule has 1 unspecified atom stereocenters. The van der Waals surface area contributed by atoms with Gasteiger partial charge in [-0.15, -0.1) is 0 Å². The summed E-state index contributed by atoms with van der Waals surface area (Å²) in [4.78, 5) is 22.1. The quantitative estimate of drug-likeness (QED) is 0.819. The number of sulfonamides is 1. The molecule has 0 aliphatic carbocycles. The lowest BCUT2D eigenvalue weighted by molar-refractivity contribution is -0.126. The molecule has 1 atom stereocenters. The molecule has 0 aromatic heterocycles. The Balaban J connectivity index is 2.47. The summed E-state index contributed by atoms with van der Waals surface area (Å²) < 4.78 is 39.2. The molecule has 1 aliphatic rings. The fourth-order valence-corrected chi connectivity index (χ4v) is 3.68. The lowest BCUT2D eigenvalue weighted by Gasteiger charge is -2.31. The molecule has 1 amide bonds. The van der Waals surface area contributed by atoms with Crippen LogP contribution in [0, 0.1) is 5.82 Å². The summed E-state index contributed by atoms with van der Waals surface area (Å²) in [5.74, 6) is -3.02. The molecule has 1 heterocycles. The van der Waals surface area contributed by atoms with E-state index in [9.17, 15) is 22.4 Å². The standard InChI is InChI=1S/C12H13FN2O5S/c1-7-11(16)14-4-5-15(7)21(19,20)8-2-3-10(13)9(6-8)12(17)18/h2-3,6-7H,4-5H2,1H3,(H,14,16)(H,17,18). The number of carbonyl (C=O) groups excluding carboxylic acids is 1. The number of hydrogen-bond donors (Lipinski definition) is 2. The van der Waals surface area contributed by atoms with E-state index in [1.807, 2.05) is 0 Å². The molecule has 1 saturated heterocycles. The fourth-order valence-electron chi connectivity index (χ4n) is 2.05. The van der Waals surface area contributed by atoms with Gasteiger partial charge in [0.05, 0.1) is 10.5 Å². The van der Waals surface area contributed by atoms with Crippen LogP contribution in [0.4, 0.5) is 4.39 Å². The van der Waals surface area contributed by atoms with Crippen molar-refractivity contribution in [2.45, 2.75) is 17.9 Å². The third-order valence-corrected chi connectivity index (χ3v) is 5.18. The van der Waals surface area contributed by atoms with Crippen molar-refractivity contribution >= 4 is 21.9 Å². The normalized spacial score (nSPS) is 20.1. The van der Waals surface area contributed by atoms with E-state index in [0.717, 1.165) is 22.5 Å². The summed E-state index contributed by atoms with van der Waals surface area (Å²) >= 11 is 0. The zero-order valence-electron chi connectivity index (χ0n) is 11.0. The molecular weight excluding hydrogens is 303 g/mol. The van der Waals surface area contributed by atoms with Crippen LogP contribution in [0.3, 0.4) is 0 Å². The Bertz CT molecular complexity index is 704. The van der Waals surface area contributed by atoms with Crippen LogP contribution in [0.2, 0.25) is 0 Å². The van der Waals surface area contributed by atoms with Gasteiger partial charge in [0.25, 0.3) is 0 Å². The van der Waals surface area contributed by atoms with E-state index < -0.39 is 39.3 Å². The maximum atomic E-state index is 13.3. The Labute approximate surface area is 120 Å². The molecule has 1 fully saturated rings. The van der Waals surface area contributed by atoms with E-state index in [0.29, 0.717) is 0 Å². The minimum atomic E-state index is -4.07. The molecule has 21 heavy (non-hydrogen) atoms. The van der Waals surface area contributed by atoms with Crippen LogP contribution in [-0.2, 0) is 14.8 Å². The summed E-state index contributed by atoms with van der Waals surface area (Å²) in [7, 11) is -4.07. The third kappa shape index (κ3) is 2.74. The molecule has 2 N–H and O–H groups in total. The number of carboxylic acid groups (broad SMARTS) is 1. The first-order chi connectivity index (χ1) is 9.75. The molecule has 0 radical (unpaired) electrons. The number of piperazine rings is 1. The van der Waals surface area contributed by atoms with Gasteiger partial charge in [-0.25, -0.2) is 17.6 Å². The van der Waals surface area contributed by atoms with Crippen LogP contribution >= 0.6 is 0 Å². The number of carboxylic acids is 1. The average Bonchev–Trinajstić information content (AvgIpc) is 2.41.